The van der Waals surface area contributed by atoms with Crippen LogP contribution in [0.3, 0.4) is 0 Å². The first-order valence-electron chi connectivity index (χ1n) is 21.7. The van der Waals surface area contributed by atoms with E-state index in [0.29, 0.717) is 24.8 Å². The first-order chi connectivity index (χ1) is 33.1. The van der Waals surface area contributed by atoms with Gasteiger partial charge in [-0.3, -0.25) is 34.6 Å². The van der Waals surface area contributed by atoms with E-state index in [1.165, 1.54) is 19.3 Å². The Kier molecular flexibility index (Phi) is 34.5. The van der Waals surface area contributed by atoms with Gasteiger partial charge in [-0.05, 0) is 43.6 Å². The van der Waals surface area contributed by atoms with Crippen LogP contribution in [0.5, 0.6) is 0 Å². The summed E-state index contributed by atoms with van der Waals surface area (Å²) in [4.78, 5) is 88.1. The Hall–Kier alpha value is -7.11. The summed E-state index contributed by atoms with van der Waals surface area (Å²) in [7, 11) is 0. The highest BCUT2D eigenvalue weighted by Gasteiger charge is 2.39. The molecule has 412 valence electrons. The van der Waals surface area contributed by atoms with Crippen molar-refractivity contribution in [2.24, 2.45) is 44.6 Å². The number of halogens is 9. The van der Waals surface area contributed by atoms with Crippen molar-refractivity contribution >= 4 is 59.3 Å². The molecule has 0 aliphatic heterocycles. The van der Waals surface area contributed by atoms with Gasteiger partial charge < -0.3 is 65.3 Å². The molecule has 0 spiro atoms. The number of carbonyl (C=O) groups is 7. The summed E-state index contributed by atoms with van der Waals surface area (Å²) in [5.74, 6) is -10.6. The maximum absolute atomic E-state index is 13.7. The lowest BCUT2D eigenvalue weighted by molar-refractivity contribution is -0.193. The van der Waals surface area contributed by atoms with Crippen molar-refractivity contribution in [3.63, 3.8) is 0 Å². The molecule has 1 aromatic rings. The number of aliphatic carboxylic acids is 3. The molecule has 0 aliphatic carbocycles. The zero-order valence-corrected chi connectivity index (χ0v) is 39.6. The summed E-state index contributed by atoms with van der Waals surface area (Å²) in [5.41, 5.74) is 28.6. The molecular weight excluding hydrogens is 992 g/mol. The Morgan fingerprint density at radius 1 is 0.583 bits per heavy atom. The summed E-state index contributed by atoms with van der Waals surface area (Å²) in [5, 5.41) is 40.2. The molecule has 0 fully saturated rings. The number of carbonyl (C=O) groups excluding carboxylic acids is 4. The molecule has 31 heteroatoms. The number of aliphatic imine (C=N–C) groups is 2. The topological polar surface area (TPSA) is 407 Å². The fourth-order valence-electron chi connectivity index (χ4n) is 5.22. The SMILES string of the molecule is CCCCCCCCCC(=O)N[C@@H](CCCN=C(N)N)C(=O)N[C@H](C(=O)N[C@@H](CCCN=C(N)N)C(=O)NCc1ccc(C(=N)N)cc1)C(C)C.O=C(O)C(F)(F)F.O=C(O)C(F)(F)F.O=C(O)C(F)(F)F. The third kappa shape index (κ3) is 36.8. The molecule has 22 nitrogen and oxygen atoms in total. The Morgan fingerprint density at radius 3 is 1.33 bits per heavy atom. The summed E-state index contributed by atoms with van der Waals surface area (Å²) < 4.78 is 95.2. The number of unbranched alkanes of at least 4 members (excludes halogenated alkanes) is 6. The van der Waals surface area contributed by atoms with Gasteiger partial charge >= 0.3 is 36.4 Å². The highest BCUT2D eigenvalue weighted by Crippen LogP contribution is 2.15. The minimum atomic E-state index is -5.08. The monoisotopic (exact) mass is 1060 g/mol. The van der Waals surface area contributed by atoms with Gasteiger partial charge in [-0.15, -0.1) is 0 Å². The minimum absolute atomic E-state index is 0.0657. The normalized spacial score (nSPS) is 12.2. The van der Waals surface area contributed by atoms with Gasteiger partial charge in [-0.25, -0.2) is 14.4 Å². The van der Waals surface area contributed by atoms with Crippen LogP contribution in [0, 0.1) is 11.3 Å². The lowest BCUT2D eigenvalue weighted by atomic mass is 10.0. The van der Waals surface area contributed by atoms with Crippen molar-refractivity contribution in [1.82, 2.24) is 21.3 Å². The molecule has 72 heavy (non-hydrogen) atoms. The molecule has 0 saturated carbocycles. The van der Waals surface area contributed by atoms with Gasteiger partial charge in [-0.1, -0.05) is 83.6 Å². The lowest BCUT2D eigenvalue weighted by Gasteiger charge is -2.27. The van der Waals surface area contributed by atoms with Gasteiger partial charge in [0.2, 0.25) is 23.6 Å². The number of guanidine groups is 2. The van der Waals surface area contributed by atoms with Crippen LogP contribution in [-0.2, 0) is 40.1 Å². The van der Waals surface area contributed by atoms with E-state index in [0.717, 1.165) is 24.8 Å². The predicted molar refractivity (Wildman–Crippen MR) is 243 cm³/mol. The lowest BCUT2D eigenvalue weighted by Crippen LogP contribution is -2.58. The Bertz CT molecular complexity index is 1850. The standard InChI is InChI=1S/C35H62N12O4.3C2HF3O2/c1-4-5-6-7-8-9-10-15-28(48)45-27(14-12-21-43-35(40)41)32(50)47-29(23(2)3)33(51)46-26(13-11-20-42-34(38)39)31(49)44-22-24-16-18-25(19-17-24)30(36)37;3*3-2(4,5)1(6)7/h16-19,23,26-27,29H,4-15,20-22H2,1-3H3,(H3,36,37)(H,44,49)(H,45,48)(H,46,51)(H,47,50)(H4,38,39,42)(H4,40,41,43);3*(H,6,7)/t26-,27-,29-;;;/m0.../s1. The number of benzene rings is 1. The van der Waals surface area contributed by atoms with Crippen molar-refractivity contribution in [2.45, 2.75) is 141 Å². The fourth-order valence-corrected chi connectivity index (χ4v) is 5.22. The van der Waals surface area contributed by atoms with Crippen LogP contribution < -0.4 is 49.9 Å². The van der Waals surface area contributed by atoms with E-state index in [1.807, 2.05) is 0 Å². The molecule has 0 radical (unpaired) electrons. The van der Waals surface area contributed by atoms with Crippen LogP contribution in [0.25, 0.3) is 0 Å². The largest absolute Gasteiger partial charge is 0.490 e. The van der Waals surface area contributed by atoms with Crippen LogP contribution in [0.4, 0.5) is 39.5 Å². The zero-order valence-electron chi connectivity index (χ0n) is 39.6. The molecule has 4 amide bonds. The number of rotatable bonds is 26. The molecule has 0 aliphatic rings. The average molecular weight is 1060 g/mol. The van der Waals surface area contributed by atoms with Gasteiger partial charge in [0, 0.05) is 31.6 Å². The third-order valence-electron chi connectivity index (χ3n) is 8.89. The molecule has 0 bridgehead atoms. The number of hydrogen-bond acceptors (Lipinski definition) is 10. The number of carboxylic acid groups (broad SMARTS) is 3. The van der Waals surface area contributed by atoms with E-state index in [2.05, 4.69) is 38.2 Å². The van der Waals surface area contributed by atoms with E-state index < -0.39 is 72.3 Å². The van der Waals surface area contributed by atoms with Crippen molar-refractivity contribution in [3.05, 3.63) is 35.4 Å². The number of hydrogen-bond donors (Lipinski definition) is 13. The minimum Gasteiger partial charge on any atom is -0.475 e. The molecule has 18 N–H and O–H groups in total. The highest BCUT2D eigenvalue weighted by molar-refractivity contribution is 5.95. The summed E-state index contributed by atoms with van der Waals surface area (Å²) in [6.07, 6.45) is -6.27. The van der Waals surface area contributed by atoms with Crippen LogP contribution in [0.2, 0.25) is 0 Å². The van der Waals surface area contributed by atoms with E-state index in [1.54, 1.807) is 38.1 Å². The van der Waals surface area contributed by atoms with Crippen molar-refractivity contribution in [2.75, 3.05) is 13.1 Å². The summed E-state index contributed by atoms with van der Waals surface area (Å²) >= 11 is 0. The van der Waals surface area contributed by atoms with Crippen molar-refractivity contribution in [1.29, 1.82) is 5.41 Å². The summed E-state index contributed by atoms with van der Waals surface area (Å²) in [6.45, 7) is 6.40. The van der Waals surface area contributed by atoms with E-state index in [9.17, 15) is 58.7 Å². The molecule has 0 heterocycles. The number of nitrogens with zero attached hydrogens (tertiary/aromatic N) is 2. The van der Waals surface area contributed by atoms with E-state index >= 15 is 0 Å². The number of amidine groups is 1. The summed E-state index contributed by atoms with van der Waals surface area (Å²) in [6, 6.07) is 3.96. The Morgan fingerprint density at radius 2 is 0.972 bits per heavy atom. The first kappa shape index (κ1) is 69.2. The smallest absolute Gasteiger partial charge is 0.475 e. The second kappa shape index (κ2) is 35.9. The number of carboxylic acids is 3. The van der Waals surface area contributed by atoms with Crippen LogP contribution >= 0.6 is 0 Å². The van der Waals surface area contributed by atoms with Crippen molar-refractivity contribution < 1.29 is 88.4 Å². The van der Waals surface area contributed by atoms with Gasteiger partial charge in [-0.2, -0.15) is 39.5 Å². The number of alkyl halides is 9. The van der Waals surface area contributed by atoms with E-state index in [-0.39, 0.29) is 68.5 Å². The number of nitrogens with one attached hydrogen (secondary N) is 5. The maximum atomic E-state index is 13.7. The molecular formula is C41H65F9N12O10. The second-order valence-electron chi connectivity index (χ2n) is 15.4. The van der Waals surface area contributed by atoms with Crippen LogP contribution in [0.15, 0.2) is 34.3 Å². The quantitative estimate of drug-likeness (QED) is 0.0275. The predicted octanol–water partition coefficient (Wildman–Crippen LogP) is 2.85. The number of nitrogens with two attached hydrogens (primary N) is 5. The fraction of sp³-hybridized carbons (Fsp3) is 0.610. The average Bonchev–Trinajstić information content (AvgIpc) is 3.25. The highest BCUT2D eigenvalue weighted by atomic mass is 19.4. The zero-order chi connectivity index (χ0) is 56.4. The first-order valence-corrected chi connectivity index (χ1v) is 21.7. The molecule has 1 aromatic carbocycles. The van der Waals surface area contributed by atoms with Gasteiger partial charge in [0.05, 0.1) is 0 Å². The Balaban J connectivity index is -0.00000187. The molecule has 0 saturated heterocycles. The maximum Gasteiger partial charge on any atom is 0.490 e. The van der Waals surface area contributed by atoms with Crippen molar-refractivity contribution in [3.8, 4) is 0 Å². The van der Waals surface area contributed by atoms with Crippen LogP contribution in [-0.4, -0.2) is 124 Å². The molecule has 1 rings (SSSR count). The number of nitrogen functional groups attached to an aromatic ring is 1. The molecule has 0 unspecified atom stereocenters. The Labute approximate surface area is 408 Å². The van der Waals surface area contributed by atoms with Gasteiger partial charge in [0.25, 0.3) is 0 Å². The van der Waals surface area contributed by atoms with Crippen LogP contribution in [0.1, 0.15) is 109 Å². The molecule has 0 aromatic heterocycles. The molecule has 3 atom stereocenters. The van der Waals surface area contributed by atoms with E-state index in [4.69, 9.17) is 63.8 Å². The van der Waals surface area contributed by atoms with Gasteiger partial charge in [0.15, 0.2) is 11.9 Å². The third-order valence-corrected chi connectivity index (χ3v) is 8.89. The second-order valence-corrected chi connectivity index (χ2v) is 15.4. The number of amides is 4. The van der Waals surface area contributed by atoms with Gasteiger partial charge in [0.1, 0.15) is 24.0 Å².